The summed E-state index contributed by atoms with van der Waals surface area (Å²) in [6.07, 6.45) is 2.80. The van der Waals surface area contributed by atoms with E-state index in [0.29, 0.717) is 5.92 Å². The van der Waals surface area contributed by atoms with E-state index in [-0.39, 0.29) is 35.5 Å². The summed E-state index contributed by atoms with van der Waals surface area (Å²) in [6.45, 7) is 6.35. The summed E-state index contributed by atoms with van der Waals surface area (Å²) in [6, 6.07) is 8.13. The smallest absolute Gasteiger partial charge is 0.243 e. The molecule has 2 heterocycles. The van der Waals surface area contributed by atoms with Crippen LogP contribution < -0.4 is 10.3 Å². The molecule has 0 spiro atoms. The minimum absolute atomic E-state index is 0.00316. The van der Waals surface area contributed by atoms with E-state index in [1.165, 1.54) is 5.56 Å². The van der Waals surface area contributed by atoms with Crippen LogP contribution >= 0.6 is 0 Å². The van der Waals surface area contributed by atoms with Crippen LogP contribution in [0, 0.1) is 23.7 Å². The van der Waals surface area contributed by atoms with Crippen molar-refractivity contribution in [3.05, 3.63) is 29.8 Å². The summed E-state index contributed by atoms with van der Waals surface area (Å²) in [5, 5.41) is 4.37. The lowest BCUT2D eigenvalue weighted by molar-refractivity contribution is -0.126. The van der Waals surface area contributed by atoms with E-state index in [4.69, 9.17) is 0 Å². The van der Waals surface area contributed by atoms with E-state index in [1.807, 2.05) is 30.0 Å². The molecule has 1 aromatic carbocycles. The second kappa shape index (κ2) is 5.97. The quantitative estimate of drug-likeness (QED) is 0.788. The highest BCUT2D eigenvalue weighted by Gasteiger charge is 2.46. The molecule has 0 aromatic heterocycles. The number of nitrogens with one attached hydrogen (secondary N) is 1. The van der Waals surface area contributed by atoms with E-state index in [2.05, 4.69) is 30.4 Å². The van der Waals surface area contributed by atoms with Crippen molar-refractivity contribution in [3.8, 4) is 0 Å². The molecule has 5 unspecified atom stereocenters. The Morgan fingerprint density at radius 3 is 2.56 bits per heavy atom. The first-order chi connectivity index (χ1) is 12.0. The van der Waals surface area contributed by atoms with E-state index in [0.717, 1.165) is 30.8 Å². The Morgan fingerprint density at radius 1 is 1.04 bits per heavy atom. The number of nitrogens with zero attached hydrogens (tertiary/aromatic N) is 2. The summed E-state index contributed by atoms with van der Waals surface area (Å²) in [5.41, 5.74) is 4.77. The van der Waals surface area contributed by atoms with Crippen molar-refractivity contribution in [1.29, 1.82) is 0 Å². The Kier molecular flexibility index (Phi) is 3.89. The number of hydrazone groups is 1. The highest BCUT2D eigenvalue weighted by Crippen LogP contribution is 2.43. The van der Waals surface area contributed by atoms with Crippen molar-refractivity contribution in [1.82, 2.24) is 5.43 Å². The highest BCUT2D eigenvalue weighted by molar-refractivity contribution is 6.20. The van der Waals surface area contributed by atoms with Crippen LogP contribution in [0.25, 0.3) is 0 Å². The number of amidine groups is 1. The van der Waals surface area contributed by atoms with Gasteiger partial charge < -0.3 is 0 Å². The molecule has 1 aliphatic carbocycles. The summed E-state index contributed by atoms with van der Waals surface area (Å²) >= 11 is 0. The van der Waals surface area contributed by atoms with Gasteiger partial charge in [-0.05, 0) is 36.3 Å². The third kappa shape index (κ3) is 2.40. The maximum atomic E-state index is 13.4. The standard InChI is InChI=1S/C20H25N3O2/c1-11-12(2)14-7-4-5-10-17(14)23(20(25)13(11)3)18-15-8-6-9-16(15)19(24)22-21-18/h4-5,7,10-13,15-16H,6,8-9H2,1-3H3,(H,22,24). The van der Waals surface area contributed by atoms with Gasteiger partial charge in [0, 0.05) is 17.8 Å². The monoisotopic (exact) mass is 339 g/mol. The first-order valence-electron chi connectivity index (χ1n) is 9.31. The first-order valence-corrected chi connectivity index (χ1v) is 9.31. The van der Waals surface area contributed by atoms with Crippen molar-refractivity contribution in [3.63, 3.8) is 0 Å². The molecule has 0 bridgehead atoms. The third-order valence-electron chi connectivity index (χ3n) is 6.55. The lowest BCUT2D eigenvalue weighted by Crippen LogP contribution is -2.50. The van der Waals surface area contributed by atoms with Crippen molar-refractivity contribution < 1.29 is 9.59 Å². The lowest BCUT2D eigenvalue weighted by atomic mass is 9.82. The van der Waals surface area contributed by atoms with E-state index >= 15 is 0 Å². The van der Waals surface area contributed by atoms with Crippen LogP contribution in [-0.2, 0) is 9.59 Å². The molecule has 1 aromatic rings. The Labute approximate surface area is 148 Å². The maximum absolute atomic E-state index is 13.4. The number of carbonyl (C=O) groups is 2. The van der Waals surface area contributed by atoms with Crippen LogP contribution in [0.5, 0.6) is 0 Å². The van der Waals surface area contributed by atoms with Gasteiger partial charge in [0.15, 0.2) is 0 Å². The Hall–Kier alpha value is -2.17. The number of benzene rings is 1. The Balaban J connectivity index is 1.86. The molecule has 3 aliphatic rings. The Morgan fingerprint density at radius 2 is 1.76 bits per heavy atom. The molecule has 25 heavy (non-hydrogen) atoms. The molecule has 5 heteroatoms. The molecule has 4 rings (SSSR count). The number of rotatable bonds is 0. The normalized spacial score (nSPS) is 34.8. The largest absolute Gasteiger partial charge is 0.274 e. The van der Waals surface area contributed by atoms with Gasteiger partial charge in [-0.2, -0.15) is 5.10 Å². The summed E-state index contributed by atoms with van der Waals surface area (Å²) < 4.78 is 0. The fraction of sp³-hybridized carbons (Fsp3) is 0.550. The zero-order chi connectivity index (χ0) is 17.7. The SMILES string of the molecule is CC1C(=O)N(C2=NNC(=O)C3CCCC23)c2ccccc2C(C)C1C. The van der Waals surface area contributed by atoms with Crippen molar-refractivity contribution in [2.45, 2.75) is 46.0 Å². The molecular weight excluding hydrogens is 314 g/mol. The van der Waals surface area contributed by atoms with Gasteiger partial charge in [0.2, 0.25) is 11.8 Å². The Bertz CT molecular complexity index is 757. The number of carbonyl (C=O) groups excluding carboxylic acids is 2. The molecule has 0 radical (unpaired) electrons. The summed E-state index contributed by atoms with van der Waals surface area (Å²) in [5.74, 6) is 1.24. The second-order valence-corrected chi connectivity index (χ2v) is 7.76. The summed E-state index contributed by atoms with van der Waals surface area (Å²) in [4.78, 5) is 27.3. The van der Waals surface area contributed by atoms with Crippen LogP contribution in [0.4, 0.5) is 5.69 Å². The van der Waals surface area contributed by atoms with Crippen LogP contribution in [0.2, 0.25) is 0 Å². The lowest BCUT2D eigenvalue weighted by Gasteiger charge is -2.33. The van der Waals surface area contributed by atoms with Crippen LogP contribution in [0.3, 0.4) is 0 Å². The molecule has 5 atom stereocenters. The van der Waals surface area contributed by atoms with Crippen LogP contribution in [0.1, 0.15) is 51.5 Å². The molecule has 1 fully saturated rings. The average molecular weight is 339 g/mol. The number of fused-ring (bicyclic) bond motifs is 2. The number of hydrogen-bond donors (Lipinski definition) is 1. The molecule has 1 N–H and O–H groups in total. The molecule has 0 saturated heterocycles. The van der Waals surface area contributed by atoms with Crippen LogP contribution in [0.15, 0.2) is 29.4 Å². The number of hydrogen-bond acceptors (Lipinski definition) is 3. The van der Waals surface area contributed by atoms with Gasteiger partial charge in [-0.15, -0.1) is 0 Å². The van der Waals surface area contributed by atoms with E-state index in [9.17, 15) is 9.59 Å². The van der Waals surface area contributed by atoms with Gasteiger partial charge in [-0.25, -0.2) is 5.43 Å². The number of amides is 2. The highest BCUT2D eigenvalue weighted by atomic mass is 16.2. The van der Waals surface area contributed by atoms with Gasteiger partial charge in [-0.1, -0.05) is 45.4 Å². The predicted octanol–water partition coefficient (Wildman–Crippen LogP) is 3.27. The third-order valence-corrected chi connectivity index (χ3v) is 6.55. The fourth-order valence-electron chi connectivity index (χ4n) is 4.65. The number of anilines is 1. The molecule has 132 valence electrons. The fourth-order valence-corrected chi connectivity index (χ4v) is 4.65. The van der Waals surface area contributed by atoms with E-state index in [1.54, 1.807) is 0 Å². The zero-order valence-electron chi connectivity index (χ0n) is 15.0. The van der Waals surface area contributed by atoms with Crippen molar-refractivity contribution in [2.75, 3.05) is 4.90 Å². The molecule has 2 amide bonds. The minimum Gasteiger partial charge on any atom is -0.274 e. The molecule has 1 saturated carbocycles. The molecule has 5 nitrogen and oxygen atoms in total. The topological polar surface area (TPSA) is 61.8 Å². The number of para-hydroxylation sites is 1. The predicted molar refractivity (Wildman–Crippen MR) is 97.1 cm³/mol. The second-order valence-electron chi connectivity index (χ2n) is 7.76. The maximum Gasteiger partial charge on any atom is 0.243 e. The van der Waals surface area contributed by atoms with Gasteiger partial charge in [-0.3, -0.25) is 14.5 Å². The van der Waals surface area contributed by atoms with Crippen LogP contribution in [-0.4, -0.2) is 17.6 Å². The van der Waals surface area contributed by atoms with Gasteiger partial charge in [0.25, 0.3) is 0 Å². The van der Waals surface area contributed by atoms with E-state index < -0.39 is 0 Å². The minimum atomic E-state index is -0.0948. The van der Waals surface area contributed by atoms with Crippen molar-refractivity contribution in [2.24, 2.45) is 28.8 Å². The first kappa shape index (κ1) is 16.3. The average Bonchev–Trinajstić information content (AvgIpc) is 3.10. The molecule has 2 aliphatic heterocycles. The van der Waals surface area contributed by atoms with Gasteiger partial charge in [0.1, 0.15) is 5.84 Å². The summed E-state index contributed by atoms with van der Waals surface area (Å²) in [7, 11) is 0. The van der Waals surface area contributed by atoms with Gasteiger partial charge >= 0.3 is 0 Å². The molecular formula is C20H25N3O2. The van der Waals surface area contributed by atoms with Gasteiger partial charge in [0.05, 0.1) is 5.69 Å². The van der Waals surface area contributed by atoms with Crippen molar-refractivity contribution >= 4 is 23.3 Å². The zero-order valence-corrected chi connectivity index (χ0v) is 15.0.